The molecule has 2 aliphatic rings. The summed E-state index contributed by atoms with van der Waals surface area (Å²) in [6, 6.07) is 15.8. The molecule has 0 saturated heterocycles. The Morgan fingerprint density at radius 1 is 0.938 bits per heavy atom. The Bertz CT molecular complexity index is 1110. The fraction of sp³-hybridized carbons (Fsp3) is 0.360. The molecule has 2 fully saturated rings. The second-order valence-corrected chi connectivity index (χ2v) is 9.15. The van der Waals surface area contributed by atoms with Crippen LogP contribution in [0.25, 0.3) is 0 Å². The van der Waals surface area contributed by atoms with E-state index in [0.29, 0.717) is 29.8 Å². The van der Waals surface area contributed by atoms with Gasteiger partial charge in [0.05, 0.1) is 18.4 Å². The molecule has 32 heavy (non-hydrogen) atoms. The summed E-state index contributed by atoms with van der Waals surface area (Å²) >= 11 is 0. The molecular formula is C25H27N3O4. The first-order chi connectivity index (χ1) is 15.2. The van der Waals surface area contributed by atoms with Gasteiger partial charge in [-0.1, -0.05) is 39.0 Å². The number of Topliss-reactive ketones (excluding diaryl/α,β-unsaturated/α-hetero) is 1. The maximum absolute atomic E-state index is 13.7. The fourth-order valence-corrected chi connectivity index (χ4v) is 5.15. The number of rotatable bonds is 5. The Morgan fingerprint density at radius 2 is 1.59 bits per heavy atom. The van der Waals surface area contributed by atoms with Gasteiger partial charge in [-0.3, -0.25) is 15.0 Å². The largest absolute Gasteiger partial charge is 0.465 e. The Kier molecular flexibility index (Phi) is 5.15. The number of carbonyl (C=O) groups is 3. The van der Waals surface area contributed by atoms with E-state index in [1.54, 1.807) is 24.3 Å². The van der Waals surface area contributed by atoms with Crippen molar-refractivity contribution in [3.8, 4) is 0 Å². The fourth-order valence-electron chi connectivity index (χ4n) is 5.15. The molecule has 0 radical (unpaired) electrons. The van der Waals surface area contributed by atoms with E-state index in [4.69, 9.17) is 4.74 Å². The van der Waals surface area contributed by atoms with Crippen molar-refractivity contribution in [2.75, 3.05) is 17.9 Å². The molecule has 1 amide bonds. The van der Waals surface area contributed by atoms with E-state index >= 15 is 0 Å². The van der Waals surface area contributed by atoms with Gasteiger partial charge in [0.1, 0.15) is 11.1 Å². The van der Waals surface area contributed by atoms with Crippen molar-refractivity contribution in [2.45, 2.75) is 33.6 Å². The molecule has 0 aliphatic heterocycles. The van der Waals surface area contributed by atoms with E-state index in [1.807, 2.05) is 51.1 Å². The van der Waals surface area contributed by atoms with Crippen molar-refractivity contribution in [2.24, 2.45) is 21.3 Å². The van der Waals surface area contributed by atoms with Gasteiger partial charge in [-0.15, -0.1) is 0 Å². The Morgan fingerprint density at radius 3 is 2.22 bits per heavy atom. The average molecular weight is 434 g/mol. The molecule has 0 aromatic heterocycles. The number of nitrogens with one attached hydrogen (secondary N) is 2. The van der Waals surface area contributed by atoms with Gasteiger partial charge in [0.2, 0.25) is 5.91 Å². The van der Waals surface area contributed by atoms with Gasteiger partial charge in [-0.05, 0) is 54.7 Å². The lowest BCUT2D eigenvalue weighted by Crippen LogP contribution is -2.47. The van der Waals surface area contributed by atoms with E-state index < -0.39 is 22.2 Å². The second-order valence-electron chi connectivity index (χ2n) is 9.15. The molecule has 7 nitrogen and oxygen atoms in total. The Balaban J connectivity index is 1.63. The summed E-state index contributed by atoms with van der Waals surface area (Å²) in [4.78, 5) is 38.9. The van der Waals surface area contributed by atoms with Crippen molar-refractivity contribution in [1.82, 2.24) is 0 Å². The number of methoxy groups -OCH3 is 1. The number of hydrogen-bond acceptors (Lipinski definition) is 6. The normalized spacial score (nSPS) is 26.8. The summed E-state index contributed by atoms with van der Waals surface area (Å²) in [6.07, 6.45) is 1.15. The van der Waals surface area contributed by atoms with E-state index in [-0.39, 0.29) is 11.7 Å². The van der Waals surface area contributed by atoms with Gasteiger partial charge < -0.3 is 10.1 Å². The van der Waals surface area contributed by atoms with Crippen molar-refractivity contribution in [3.05, 3.63) is 60.2 Å². The third-order valence-corrected chi connectivity index (χ3v) is 7.59. The topological polar surface area (TPSA) is 96.9 Å². The van der Waals surface area contributed by atoms with Gasteiger partial charge >= 0.3 is 5.97 Å². The van der Waals surface area contributed by atoms with Crippen LogP contribution < -0.4 is 10.7 Å². The molecular weight excluding hydrogens is 406 g/mol. The highest BCUT2D eigenvalue weighted by Gasteiger charge is 2.76. The molecule has 7 heteroatoms. The minimum atomic E-state index is -1.21. The highest BCUT2D eigenvalue weighted by Crippen LogP contribution is 2.69. The minimum absolute atomic E-state index is 0.233. The average Bonchev–Trinajstić information content (AvgIpc) is 3.07. The number of anilines is 2. The minimum Gasteiger partial charge on any atom is -0.465 e. The predicted molar refractivity (Wildman–Crippen MR) is 122 cm³/mol. The zero-order valence-corrected chi connectivity index (χ0v) is 18.7. The van der Waals surface area contributed by atoms with E-state index in [0.717, 1.165) is 5.69 Å². The van der Waals surface area contributed by atoms with Crippen molar-refractivity contribution in [1.29, 1.82) is 0 Å². The first-order valence-corrected chi connectivity index (χ1v) is 10.6. The number of benzene rings is 2. The van der Waals surface area contributed by atoms with Crippen LogP contribution in [0.4, 0.5) is 11.4 Å². The van der Waals surface area contributed by atoms with Crippen LogP contribution in [-0.2, 0) is 14.3 Å². The van der Waals surface area contributed by atoms with Crippen LogP contribution in [0.3, 0.4) is 0 Å². The van der Waals surface area contributed by atoms with Gasteiger partial charge in [0.15, 0.2) is 5.78 Å². The lowest BCUT2D eigenvalue weighted by molar-refractivity contribution is -0.140. The molecule has 166 valence electrons. The number of esters is 1. The summed E-state index contributed by atoms with van der Waals surface area (Å²) in [7, 11) is 1.31. The van der Waals surface area contributed by atoms with E-state index in [1.165, 1.54) is 7.11 Å². The summed E-state index contributed by atoms with van der Waals surface area (Å²) < 4.78 is 4.71. The zero-order valence-electron chi connectivity index (χ0n) is 18.7. The molecule has 2 N–H and O–H groups in total. The Labute approximate surface area is 187 Å². The van der Waals surface area contributed by atoms with Crippen LogP contribution in [0.2, 0.25) is 0 Å². The van der Waals surface area contributed by atoms with Gasteiger partial charge in [-0.2, -0.15) is 5.10 Å². The molecule has 2 aliphatic carbocycles. The molecule has 2 aromatic rings. The highest BCUT2D eigenvalue weighted by molar-refractivity contribution is 6.51. The molecule has 2 saturated carbocycles. The number of carbonyl (C=O) groups excluding carboxylic acids is 3. The van der Waals surface area contributed by atoms with E-state index in [9.17, 15) is 14.4 Å². The summed E-state index contributed by atoms with van der Waals surface area (Å²) in [6.45, 7) is 5.97. The SMILES string of the molecule is COC(=O)c1ccc(NC(=O)C23CCC(C)(C(=NNc4ccccc4)C2=O)C3(C)C)cc1. The third kappa shape index (κ3) is 2.95. The first-order valence-electron chi connectivity index (χ1n) is 10.6. The first kappa shape index (κ1) is 21.7. The maximum atomic E-state index is 13.7. The maximum Gasteiger partial charge on any atom is 0.337 e. The van der Waals surface area contributed by atoms with Crippen LogP contribution >= 0.6 is 0 Å². The second kappa shape index (κ2) is 7.58. The molecule has 2 unspecified atom stereocenters. The van der Waals surface area contributed by atoms with Crippen molar-refractivity contribution < 1.29 is 19.1 Å². The van der Waals surface area contributed by atoms with Gasteiger partial charge in [0, 0.05) is 11.1 Å². The summed E-state index contributed by atoms with van der Waals surface area (Å²) in [5.41, 5.74) is 2.72. The molecule has 0 spiro atoms. The van der Waals surface area contributed by atoms with Crippen LogP contribution in [0.15, 0.2) is 59.7 Å². The third-order valence-electron chi connectivity index (χ3n) is 7.59. The van der Waals surface area contributed by atoms with Crippen molar-refractivity contribution in [3.63, 3.8) is 0 Å². The summed E-state index contributed by atoms with van der Waals surface area (Å²) in [5, 5.41) is 7.38. The van der Waals surface area contributed by atoms with Crippen LogP contribution in [0, 0.1) is 16.2 Å². The quantitative estimate of drug-likeness (QED) is 0.417. The molecule has 2 aromatic carbocycles. The zero-order chi connectivity index (χ0) is 23.1. The monoisotopic (exact) mass is 433 g/mol. The van der Waals surface area contributed by atoms with Crippen LogP contribution in [-0.4, -0.2) is 30.5 Å². The van der Waals surface area contributed by atoms with Crippen molar-refractivity contribution >= 4 is 34.7 Å². The van der Waals surface area contributed by atoms with Gasteiger partial charge in [-0.25, -0.2) is 4.79 Å². The number of nitrogens with zero attached hydrogens (tertiary/aromatic N) is 1. The van der Waals surface area contributed by atoms with Crippen LogP contribution in [0.5, 0.6) is 0 Å². The smallest absolute Gasteiger partial charge is 0.337 e. The highest BCUT2D eigenvalue weighted by atomic mass is 16.5. The molecule has 2 atom stereocenters. The number of hydrazone groups is 1. The van der Waals surface area contributed by atoms with Crippen LogP contribution in [0.1, 0.15) is 44.0 Å². The molecule has 4 rings (SSSR count). The van der Waals surface area contributed by atoms with E-state index in [2.05, 4.69) is 15.8 Å². The number of para-hydroxylation sites is 1. The Hall–Kier alpha value is -3.48. The number of amides is 1. The number of fused-ring (bicyclic) bond motifs is 2. The molecule has 0 heterocycles. The number of ketones is 1. The van der Waals surface area contributed by atoms with Gasteiger partial charge in [0.25, 0.3) is 0 Å². The standard InChI is InChI=1S/C25H27N3O4/c1-23(2)24(3)14-15-25(23,20(29)19(24)28-27-18-8-6-5-7-9-18)22(31)26-17-12-10-16(11-13-17)21(30)32-4/h5-13,27H,14-15H2,1-4H3,(H,26,31). The number of hydrogen-bond donors (Lipinski definition) is 2. The predicted octanol–water partition coefficient (Wildman–Crippen LogP) is 4.28. The lowest BCUT2D eigenvalue weighted by atomic mass is 9.64. The molecule has 2 bridgehead atoms. The number of ether oxygens (including phenoxy) is 1. The lowest BCUT2D eigenvalue weighted by Gasteiger charge is -2.37. The summed E-state index contributed by atoms with van der Waals surface area (Å²) in [5.74, 6) is -1.03.